The van der Waals surface area contributed by atoms with Gasteiger partial charge in [-0.25, -0.2) is 0 Å². The minimum Gasteiger partial charge on any atom is -0.379 e. The van der Waals surface area contributed by atoms with E-state index in [9.17, 15) is 4.79 Å². The van der Waals surface area contributed by atoms with E-state index in [0.29, 0.717) is 11.8 Å². The molecule has 0 spiro atoms. The molecule has 4 rings (SSSR count). The Hall–Kier alpha value is -1.65. The molecule has 0 radical (unpaired) electrons. The van der Waals surface area contributed by atoms with E-state index in [4.69, 9.17) is 4.74 Å². The molecule has 1 heterocycles. The Morgan fingerprint density at radius 2 is 1.93 bits per heavy atom. The van der Waals surface area contributed by atoms with Crippen molar-refractivity contribution in [2.45, 2.75) is 38.5 Å². The molecule has 4 heteroatoms. The van der Waals surface area contributed by atoms with Crippen molar-refractivity contribution in [3.8, 4) is 0 Å². The summed E-state index contributed by atoms with van der Waals surface area (Å²) in [6.45, 7) is 6.38. The Morgan fingerprint density at radius 3 is 2.71 bits per heavy atom. The SMILES string of the molecule is O=C([C@H]1CCc2ccccc2C1)N(CCN1CCOCC1)C[C@H]1CC=CCC1. The molecule has 3 aliphatic rings. The van der Waals surface area contributed by atoms with Crippen LogP contribution in [-0.2, 0) is 22.4 Å². The number of carbonyl (C=O) groups is 1. The smallest absolute Gasteiger partial charge is 0.226 e. The summed E-state index contributed by atoms with van der Waals surface area (Å²) in [5.41, 5.74) is 2.81. The maximum absolute atomic E-state index is 13.5. The van der Waals surface area contributed by atoms with Crippen molar-refractivity contribution in [3.63, 3.8) is 0 Å². The van der Waals surface area contributed by atoms with Crippen LogP contribution in [0.2, 0.25) is 0 Å². The first-order chi connectivity index (χ1) is 13.8. The Balaban J connectivity index is 1.40. The zero-order chi connectivity index (χ0) is 19.2. The van der Waals surface area contributed by atoms with Crippen LogP contribution < -0.4 is 0 Å². The largest absolute Gasteiger partial charge is 0.379 e. The van der Waals surface area contributed by atoms with Gasteiger partial charge in [-0.15, -0.1) is 0 Å². The van der Waals surface area contributed by atoms with Crippen molar-refractivity contribution >= 4 is 5.91 Å². The predicted octanol–water partition coefficient (Wildman–Crippen LogP) is 3.31. The first-order valence-electron chi connectivity index (χ1n) is 11.1. The van der Waals surface area contributed by atoms with E-state index in [1.54, 1.807) is 0 Å². The Morgan fingerprint density at radius 1 is 1.11 bits per heavy atom. The van der Waals surface area contributed by atoms with Crippen LogP contribution in [0.4, 0.5) is 0 Å². The normalized spacial score (nSPS) is 25.3. The topological polar surface area (TPSA) is 32.8 Å². The summed E-state index contributed by atoms with van der Waals surface area (Å²) >= 11 is 0. The minimum atomic E-state index is 0.152. The van der Waals surface area contributed by atoms with E-state index in [1.165, 1.54) is 17.5 Å². The second kappa shape index (κ2) is 9.71. The van der Waals surface area contributed by atoms with E-state index in [2.05, 4.69) is 46.2 Å². The van der Waals surface area contributed by atoms with E-state index >= 15 is 0 Å². The number of aryl methyl sites for hydroxylation is 1. The van der Waals surface area contributed by atoms with Crippen LogP contribution in [0, 0.1) is 11.8 Å². The monoisotopic (exact) mass is 382 g/mol. The van der Waals surface area contributed by atoms with Gasteiger partial charge in [-0.3, -0.25) is 9.69 Å². The van der Waals surface area contributed by atoms with Crippen LogP contribution in [-0.4, -0.2) is 61.6 Å². The van der Waals surface area contributed by atoms with Gasteiger partial charge in [0.25, 0.3) is 0 Å². The van der Waals surface area contributed by atoms with Gasteiger partial charge in [0.05, 0.1) is 13.2 Å². The highest BCUT2D eigenvalue weighted by Gasteiger charge is 2.30. The molecule has 1 fully saturated rings. The molecular weight excluding hydrogens is 348 g/mol. The Bertz CT molecular complexity index is 681. The molecule has 0 aromatic heterocycles. The van der Waals surface area contributed by atoms with Crippen molar-refractivity contribution in [1.82, 2.24) is 9.80 Å². The zero-order valence-electron chi connectivity index (χ0n) is 17.0. The van der Waals surface area contributed by atoms with Gasteiger partial charge in [-0.1, -0.05) is 36.4 Å². The van der Waals surface area contributed by atoms with Gasteiger partial charge in [0.1, 0.15) is 0 Å². The Labute approximate surface area is 169 Å². The lowest BCUT2D eigenvalue weighted by Crippen LogP contribution is -2.46. The quantitative estimate of drug-likeness (QED) is 0.708. The number of ether oxygens (including phenoxy) is 1. The van der Waals surface area contributed by atoms with Gasteiger partial charge in [0, 0.05) is 38.6 Å². The highest BCUT2D eigenvalue weighted by Crippen LogP contribution is 2.28. The van der Waals surface area contributed by atoms with Crippen molar-refractivity contribution < 1.29 is 9.53 Å². The molecule has 2 aliphatic carbocycles. The predicted molar refractivity (Wildman–Crippen MR) is 112 cm³/mol. The van der Waals surface area contributed by atoms with Gasteiger partial charge in [0.15, 0.2) is 0 Å². The summed E-state index contributed by atoms with van der Waals surface area (Å²) in [6, 6.07) is 8.65. The molecule has 0 N–H and O–H groups in total. The molecule has 4 nitrogen and oxygen atoms in total. The van der Waals surface area contributed by atoms with Gasteiger partial charge in [0.2, 0.25) is 5.91 Å². The molecule has 28 heavy (non-hydrogen) atoms. The van der Waals surface area contributed by atoms with Crippen LogP contribution in [0.5, 0.6) is 0 Å². The number of hydrogen-bond acceptors (Lipinski definition) is 3. The van der Waals surface area contributed by atoms with E-state index in [-0.39, 0.29) is 5.92 Å². The summed E-state index contributed by atoms with van der Waals surface area (Å²) in [6.07, 6.45) is 11.0. The molecule has 0 unspecified atom stereocenters. The highest BCUT2D eigenvalue weighted by atomic mass is 16.5. The Kier molecular flexibility index (Phi) is 6.81. The maximum atomic E-state index is 13.5. The number of allylic oxidation sites excluding steroid dienone is 2. The number of carbonyl (C=O) groups excluding carboxylic acids is 1. The van der Waals surface area contributed by atoms with Crippen LogP contribution >= 0.6 is 0 Å². The van der Waals surface area contributed by atoms with E-state index in [1.807, 2.05) is 0 Å². The van der Waals surface area contributed by atoms with Crippen LogP contribution in [0.15, 0.2) is 36.4 Å². The average Bonchev–Trinajstić information content (AvgIpc) is 2.77. The zero-order valence-corrected chi connectivity index (χ0v) is 17.0. The standard InChI is InChI=1S/C24H34N2O2/c27-24(23-11-10-21-8-4-5-9-22(21)18-23)26(19-20-6-2-1-3-7-20)13-12-25-14-16-28-17-15-25/h1-2,4-5,8-9,20,23H,3,6-7,10-19H2/t20-,23-/m0/s1. The summed E-state index contributed by atoms with van der Waals surface area (Å²) in [5, 5.41) is 0. The second-order valence-electron chi connectivity index (χ2n) is 8.60. The maximum Gasteiger partial charge on any atom is 0.226 e. The molecule has 1 saturated heterocycles. The molecule has 1 aromatic carbocycles. The lowest BCUT2D eigenvalue weighted by atomic mass is 9.83. The molecule has 2 atom stereocenters. The van der Waals surface area contributed by atoms with Crippen molar-refractivity contribution in [1.29, 1.82) is 0 Å². The molecule has 0 bridgehead atoms. The summed E-state index contributed by atoms with van der Waals surface area (Å²) < 4.78 is 5.47. The lowest BCUT2D eigenvalue weighted by Gasteiger charge is -2.35. The molecule has 152 valence electrons. The highest BCUT2D eigenvalue weighted by molar-refractivity contribution is 5.79. The fourth-order valence-electron chi connectivity index (χ4n) is 4.88. The number of hydrogen-bond donors (Lipinski definition) is 0. The molecule has 1 aromatic rings. The fraction of sp³-hybridized carbons (Fsp3) is 0.625. The number of rotatable bonds is 6. The van der Waals surface area contributed by atoms with Gasteiger partial charge in [-0.2, -0.15) is 0 Å². The van der Waals surface area contributed by atoms with Crippen molar-refractivity contribution in [3.05, 3.63) is 47.5 Å². The third-order valence-electron chi connectivity index (χ3n) is 6.65. The first kappa shape index (κ1) is 19.7. The van der Waals surface area contributed by atoms with Crippen LogP contribution in [0.25, 0.3) is 0 Å². The third-order valence-corrected chi connectivity index (χ3v) is 6.65. The van der Waals surface area contributed by atoms with Crippen molar-refractivity contribution in [2.75, 3.05) is 45.9 Å². The summed E-state index contributed by atoms with van der Waals surface area (Å²) in [7, 11) is 0. The fourth-order valence-corrected chi connectivity index (χ4v) is 4.88. The number of morpholine rings is 1. The average molecular weight is 383 g/mol. The van der Waals surface area contributed by atoms with Crippen LogP contribution in [0.3, 0.4) is 0 Å². The molecule has 1 aliphatic heterocycles. The first-order valence-corrected chi connectivity index (χ1v) is 11.1. The lowest BCUT2D eigenvalue weighted by molar-refractivity contribution is -0.137. The molecule has 0 saturated carbocycles. The second-order valence-corrected chi connectivity index (χ2v) is 8.60. The number of nitrogens with zero attached hydrogens (tertiary/aromatic N) is 2. The minimum absolute atomic E-state index is 0.152. The van der Waals surface area contributed by atoms with E-state index < -0.39 is 0 Å². The summed E-state index contributed by atoms with van der Waals surface area (Å²) in [5.74, 6) is 1.16. The van der Waals surface area contributed by atoms with Gasteiger partial charge in [-0.05, 0) is 55.6 Å². The summed E-state index contributed by atoms with van der Waals surface area (Å²) in [4.78, 5) is 18.2. The van der Waals surface area contributed by atoms with Gasteiger partial charge >= 0.3 is 0 Å². The van der Waals surface area contributed by atoms with Crippen molar-refractivity contribution in [2.24, 2.45) is 11.8 Å². The number of amides is 1. The van der Waals surface area contributed by atoms with E-state index in [0.717, 1.165) is 78.0 Å². The van der Waals surface area contributed by atoms with Crippen LogP contribution in [0.1, 0.15) is 36.8 Å². The molecular formula is C24H34N2O2. The number of fused-ring (bicyclic) bond motifs is 1. The molecule has 1 amide bonds. The van der Waals surface area contributed by atoms with Gasteiger partial charge < -0.3 is 9.64 Å². The number of benzene rings is 1. The third kappa shape index (κ3) is 5.03.